The zero-order valence-corrected chi connectivity index (χ0v) is 12.1. The average molecular weight is 328 g/mol. The normalized spacial score (nSPS) is 55.5. The van der Waals surface area contributed by atoms with E-state index in [1.807, 2.05) is 5.32 Å². The van der Waals surface area contributed by atoms with Crippen LogP contribution in [0.4, 0.5) is 0 Å². The van der Waals surface area contributed by atoms with E-state index >= 15 is 0 Å². The number of para-hydroxylation sites is 1. The minimum atomic E-state index is -3.98. The lowest BCUT2D eigenvalue weighted by Crippen LogP contribution is -2.55. The first-order valence-electron chi connectivity index (χ1n) is 14.4. The molecule has 2 aliphatic heterocycles. The van der Waals surface area contributed by atoms with E-state index in [1.54, 1.807) is 18.2 Å². The summed E-state index contributed by atoms with van der Waals surface area (Å²) in [5, 5.41) is 6.31. The lowest BCUT2D eigenvalue weighted by molar-refractivity contribution is 0.0462. The van der Waals surface area contributed by atoms with E-state index in [0.717, 1.165) is 0 Å². The number of carbonyl (C=O) groups excluding carboxylic acids is 1. The molecular formula is C18H24N4O. The van der Waals surface area contributed by atoms with Gasteiger partial charge in [0.15, 0.2) is 5.69 Å². The average Bonchev–Trinajstić information content (AvgIpc) is 3.10. The predicted molar refractivity (Wildman–Crippen MR) is 90.4 cm³/mol. The van der Waals surface area contributed by atoms with Crippen molar-refractivity contribution in [1.82, 2.24) is 20.0 Å². The van der Waals surface area contributed by atoms with E-state index in [1.165, 1.54) is 17.8 Å². The van der Waals surface area contributed by atoms with Gasteiger partial charge in [0.2, 0.25) is 0 Å². The predicted octanol–water partition coefficient (Wildman–Crippen LogP) is 2.32. The molecule has 2 saturated heterocycles. The summed E-state index contributed by atoms with van der Waals surface area (Å²) in [5.41, 5.74) is 0.144. The van der Waals surface area contributed by atoms with Crippen LogP contribution in [0, 0.1) is 0 Å². The van der Waals surface area contributed by atoms with Gasteiger partial charge in [-0.25, -0.2) is 0 Å². The fraction of sp³-hybridized carbons (Fsp3) is 0.556. The van der Waals surface area contributed by atoms with Gasteiger partial charge in [-0.05, 0) is 38.5 Å². The maximum absolute atomic E-state index is 13.3. The highest BCUT2D eigenvalue weighted by molar-refractivity contribution is 6.04. The van der Waals surface area contributed by atoms with E-state index in [4.69, 9.17) is 20.6 Å². The summed E-state index contributed by atoms with van der Waals surface area (Å²) < 4.78 is 127. The lowest BCUT2D eigenvalue weighted by Gasteiger charge is -2.47. The Balaban J connectivity index is 2.01. The first-order valence-corrected chi connectivity index (χ1v) is 6.91. The van der Waals surface area contributed by atoms with Crippen molar-refractivity contribution in [3.05, 3.63) is 30.0 Å². The van der Waals surface area contributed by atoms with Crippen LogP contribution in [0.1, 0.15) is 62.9 Å². The Bertz CT molecular complexity index is 1280. The second kappa shape index (κ2) is 5.64. The van der Waals surface area contributed by atoms with Gasteiger partial charge in [-0.15, -0.1) is 0 Å². The van der Waals surface area contributed by atoms with Crippen LogP contribution in [0.3, 0.4) is 0 Å². The Morgan fingerprint density at radius 2 is 2.13 bits per heavy atom. The first kappa shape index (κ1) is 5.59. The molecule has 0 saturated carbocycles. The molecule has 5 nitrogen and oxygen atoms in total. The quantitative estimate of drug-likeness (QED) is 0.921. The van der Waals surface area contributed by atoms with Crippen LogP contribution in [0.15, 0.2) is 24.3 Å². The molecular weight excluding hydrogens is 288 g/mol. The monoisotopic (exact) mass is 327 g/mol. The minimum Gasteiger partial charge on any atom is -0.348 e. The molecule has 0 spiro atoms. The highest BCUT2D eigenvalue weighted by Gasteiger charge is 2.36. The topological polar surface area (TPSA) is 50.2 Å². The third-order valence-corrected chi connectivity index (χ3v) is 3.62. The van der Waals surface area contributed by atoms with Crippen LogP contribution >= 0.6 is 0 Å². The lowest BCUT2D eigenvalue weighted by atomic mass is 9.82. The van der Waals surface area contributed by atoms with Gasteiger partial charge in [0.05, 0.1) is 5.52 Å². The number of aromatic nitrogens is 2. The molecule has 1 aromatic heterocycles. The number of amides is 1. The highest BCUT2D eigenvalue weighted by Crippen LogP contribution is 2.32. The molecule has 1 amide bonds. The van der Waals surface area contributed by atoms with Crippen LogP contribution in [0.25, 0.3) is 10.9 Å². The maximum atomic E-state index is 13.3. The number of piperidine rings is 2. The number of hydrogen-bond acceptors (Lipinski definition) is 3. The van der Waals surface area contributed by atoms with Crippen LogP contribution in [-0.4, -0.2) is 45.6 Å². The van der Waals surface area contributed by atoms with Gasteiger partial charge >= 0.3 is 0 Å². The minimum absolute atomic E-state index is 0.261. The summed E-state index contributed by atoms with van der Waals surface area (Å²) in [4.78, 5) is 12.8. The van der Waals surface area contributed by atoms with Gasteiger partial charge in [-0.3, -0.25) is 9.48 Å². The number of carbonyl (C=O) groups is 1. The summed E-state index contributed by atoms with van der Waals surface area (Å²) in [5.74, 6) is -1.21. The van der Waals surface area contributed by atoms with Crippen molar-refractivity contribution in [2.45, 2.75) is 49.9 Å². The maximum Gasteiger partial charge on any atom is 0.272 e. The smallest absolute Gasteiger partial charge is 0.272 e. The summed E-state index contributed by atoms with van der Waals surface area (Å²) in [7, 11) is 1.50. The number of benzene rings is 1. The SMILES string of the molecule is [2H]C([2H])([2H])N1[C@@]2([2H])C([2H])([2H])C(NC(=O)c3nn(C)c4ccccc34)C([2H])([2H])[C@@]1([2H])C([2H])([2H])C([2H])([2H])C2([2H])[2H]. The van der Waals surface area contributed by atoms with Crippen molar-refractivity contribution in [3.8, 4) is 0 Å². The van der Waals surface area contributed by atoms with Crippen LogP contribution in [0.2, 0.25) is 0 Å². The number of nitrogens with zero attached hydrogens (tertiary/aromatic N) is 3. The van der Waals surface area contributed by atoms with Crippen molar-refractivity contribution < 1.29 is 25.4 Å². The number of hydrogen-bond donors (Lipinski definition) is 1. The first-order chi connectivity index (χ1) is 16.9. The second-order valence-electron chi connectivity index (χ2n) is 5.09. The van der Waals surface area contributed by atoms with Gasteiger partial charge in [0.1, 0.15) is 0 Å². The summed E-state index contributed by atoms with van der Waals surface area (Å²) in [6.45, 7) is -3.84. The molecule has 2 fully saturated rings. The summed E-state index contributed by atoms with van der Waals surface area (Å²) >= 11 is 0. The van der Waals surface area contributed by atoms with Crippen molar-refractivity contribution in [2.75, 3.05) is 6.98 Å². The molecule has 2 aliphatic rings. The Labute approximate surface area is 157 Å². The second-order valence-corrected chi connectivity index (χ2v) is 5.09. The molecule has 3 heterocycles. The molecule has 5 heteroatoms. The number of nitrogens with one attached hydrogen (secondary N) is 1. The van der Waals surface area contributed by atoms with E-state index < -0.39 is 67.7 Å². The Kier molecular flexibility index (Phi) is 1.37. The van der Waals surface area contributed by atoms with Crippen molar-refractivity contribution in [1.29, 1.82) is 0 Å². The molecule has 4 rings (SSSR count). The summed E-state index contributed by atoms with van der Waals surface area (Å²) in [6.07, 6.45) is -19.4. The zero-order valence-electron chi connectivity index (χ0n) is 27.1. The molecule has 0 radical (unpaired) electrons. The fourth-order valence-corrected chi connectivity index (χ4v) is 2.54. The van der Waals surface area contributed by atoms with Crippen molar-refractivity contribution in [2.24, 2.45) is 7.05 Å². The van der Waals surface area contributed by atoms with Gasteiger partial charge in [-0.1, -0.05) is 24.6 Å². The number of aryl methyl sites for hydroxylation is 1. The zero-order chi connectivity index (χ0) is 29.3. The van der Waals surface area contributed by atoms with E-state index in [-0.39, 0.29) is 11.1 Å². The standard InChI is InChI=1S/C18H24N4O/c1-21-13-6-5-7-14(21)11-12(10-13)19-18(23)17-15-8-3-4-9-16(15)22(2)20-17/h3-4,8-9,12-14H,5-7,10-11H2,1-2H3,(H,19,23)/t13-,14-/m1/s1/i1D3,5D2,6D2,7D2,10D2,11D2,13D,14D. The van der Waals surface area contributed by atoms with Crippen LogP contribution in [-0.2, 0) is 7.05 Å². The molecule has 1 aromatic carbocycles. The van der Waals surface area contributed by atoms with E-state index in [0.29, 0.717) is 5.52 Å². The van der Waals surface area contributed by atoms with Gasteiger partial charge in [0, 0.05) is 51.1 Å². The fourth-order valence-electron chi connectivity index (χ4n) is 2.54. The molecule has 23 heavy (non-hydrogen) atoms. The van der Waals surface area contributed by atoms with Crippen LogP contribution < -0.4 is 5.32 Å². The molecule has 0 unspecified atom stereocenters. The third kappa shape index (κ3) is 2.53. The highest BCUT2D eigenvalue weighted by atomic mass is 16.2. The third-order valence-electron chi connectivity index (χ3n) is 3.62. The molecule has 1 N–H and O–H groups in total. The molecule has 0 aliphatic carbocycles. The largest absolute Gasteiger partial charge is 0.348 e. The van der Waals surface area contributed by atoms with Gasteiger partial charge in [-0.2, -0.15) is 5.10 Å². The Hall–Kier alpha value is -1.88. The molecule has 2 atom stereocenters. The Morgan fingerprint density at radius 3 is 2.87 bits per heavy atom. The Morgan fingerprint density at radius 1 is 1.39 bits per heavy atom. The van der Waals surface area contributed by atoms with Gasteiger partial charge in [0.25, 0.3) is 5.91 Å². The molecule has 2 bridgehead atoms. The van der Waals surface area contributed by atoms with Crippen LogP contribution in [0.5, 0.6) is 0 Å². The molecule has 122 valence electrons. The van der Waals surface area contributed by atoms with Crippen molar-refractivity contribution in [3.63, 3.8) is 0 Å². The number of fused-ring (bicyclic) bond motifs is 3. The van der Waals surface area contributed by atoms with Crippen molar-refractivity contribution >= 4 is 16.8 Å². The summed E-state index contributed by atoms with van der Waals surface area (Å²) in [6, 6.07) is -4.23. The molecule has 2 aromatic rings. The van der Waals surface area contributed by atoms with E-state index in [2.05, 4.69) is 5.10 Å². The number of rotatable bonds is 2. The van der Waals surface area contributed by atoms with E-state index in [9.17, 15) is 4.79 Å². The van der Waals surface area contributed by atoms with Gasteiger partial charge < -0.3 is 10.2 Å².